The maximum Gasteiger partial charge on any atom is 0.244 e. The number of anilines is 2. The summed E-state index contributed by atoms with van der Waals surface area (Å²) in [6.45, 7) is 7.06. The highest BCUT2D eigenvalue weighted by Crippen LogP contribution is 2.23. The van der Waals surface area contributed by atoms with E-state index in [-0.39, 0.29) is 12.5 Å². The van der Waals surface area contributed by atoms with Crippen molar-refractivity contribution in [1.29, 1.82) is 0 Å². The minimum absolute atomic E-state index is 0.152. The van der Waals surface area contributed by atoms with Crippen LogP contribution in [0.1, 0.15) is 32.3 Å². The van der Waals surface area contributed by atoms with Gasteiger partial charge in [-0.05, 0) is 54.9 Å². The Bertz CT molecular complexity index is 775. The van der Waals surface area contributed by atoms with Gasteiger partial charge in [-0.1, -0.05) is 38.1 Å². The third-order valence-electron chi connectivity index (χ3n) is 4.21. The Hall–Kier alpha value is -2.60. The van der Waals surface area contributed by atoms with Crippen LogP contribution in [0.2, 0.25) is 0 Å². The molecule has 0 aliphatic rings. The van der Waals surface area contributed by atoms with Crippen molar-refractivity contribution in [3.8, 4) is 5.75 Å². The van der Waals surface area contributed by atoms with Gasteiger partial charge in [0.25, 0.3) is 0 Å². The molecule has 27 heavy (non-hydrogen) atoms. The monoisotopic (exact) mass is 385 g/mol. The van der Waals surface area contributed by atoms with E-state index in [4.69, 9.17) is 17.0 Å². The van der Waals surface area contributed by atoms with Crippen molar-refractivity contribution in [2.24, 2.45) is 0 Å². The molecule has 2 rings (SSSR count). The fourth-order valence-corrected chi connectivity index (χ4v) is 2.90. The number of benzene rings is 2. The number of likely N-dealkylation sites (N-methyl/N-ethyl adjacent to an activating group) is 1. The molecule has 1 amide bonds. The van der Waals surface area contributed by atoms with Crippen LogP contribution in [0, 0.1) is 0 Å². The van der Waals surface area contributed by atoms with Crippen molar-refractivity contribution < 1.29 is 9.53 Å². The molecule has 0 spiro atoms. The Balaban J connectivity index is 1.96. The van der Waals surface area contributed by atoms with Gasteiger partial charge >= 0.3 is 0 Å². The summed E-state index contributed by atoms with van der Waals surface area (Å²) < 4.78 is 5.26. The molecule has 0 bridgehead atoms. The predicted octanol–water partition coefficient (Wildman–Crippen LogP) is 4.48. The Morgan fingerprint density at radius 1 is 1.11 bits per heavy atom. The molecule has 0 saturated heterocycles. The number of nitrogens with one attached hydrogen (secondary N) is 2. The highest BCUT2D eigenvalue weighted by molar-refractivity contribution is 7.80. The second kappa shape index (κ2) is 9.92. The van der Waals surface area contributed by atoms with Crippen LogP contribution in [-0.2, 0) is 4.79 Å². The Morgan fingerprint density at radius 3 is 2.37 bits per heavy atom. The predicted molar refractivity (Wildman–Crippen MR) is 116 cm³/mol. The standard InChI is InChI=1S/C21H27N3O2S/c1-5-24(14-20(25)23-18-8-6-7-9-19(18)26-4)21(27)22-17-12-10-16(11-13-17)15(2)3/h6-13,15H,5,14H2,1-4H3,(H,22,27)(H,23,25). The topological polar surface area (TPSA) is 53.6 Å². The first-order valence-electron chi connectivity index (χ1n) is 9.03. The van der Waals surface area contributed by atoms with E-state index in [0.717, 1.165) is 5.69 Å². The van der Waals surface area contributed by atoms with Gasteiger partial charge < -0.3 is 20.3 Å². The number of thiocarbonyl (C=S) groups is 1. The molecule has 2 aromatic rings. The summed E-state index contributed by atoms with van der Waals surface area (Å²) in [7, 11) is 1.58. The molecule has 0 atom stereocenters. The van der Waals surface area contributed by atoms with Gasteiger partial charge in [-0.25, -0.2) is 0 Å². The number of hydrogen-bond donors (Lipinski definition) is 2. The molecule has 144 valence electrons. The van der Waals surface area contributed by atoms with Gasteiger partial charge in [-0.3, -0.25) is 4.79 Å². The van der Waals surface area contributed by atoms with Gasteiger partial charge in [0.15, 0.2) is 5.11 Å². The van der Waals surface area contributed by atoms with Crippen LogP contribution in [0.15, 0.2) is 48.5 Å². The lowest BCUT2D eigenvalue weighted by molar-refractivity contribution is -0.116. The van der Waals surface area contributed by atoms with Crippen molar-refractivity contribution >= 4 is 34.6 Å². The maximum absolute atomic E-state index is 12.4. The van der Waals surface area contributed by atoms with Crippen molar-refractivity contribution in [3.63, 3.8) is 0 Å². The summed E-state index contributed by atoms with van der Waals surface area (Å²) in [5.74, 6) is 0.956. The van der Waals surface area contributed by atoms with E-state index in [0.29, 0.717) is 29.0 Å². The van der Waals surface area contributed by atoms with Gasteiger partial charge in [-0.15, -0.1) is 0 Å². The van der Waals surface area contributed by atoms with Crippen molar-refractivity contribution in [3.05, 3.63) is 54.1 Å². The molecule has 0 radical (unpaired) electrons. The third kappa shape index (κ3) is 5.96. The van der Waals surface area contributed by atoms with Crippen molar-refractivity contribution in [2.75, 3.05) is 30.8 Å². The zero-order chi connectivity index (χ0) is 19.8. The van der Waals surface area contributed by atoms with E-state index in [1.807, 2.05) is 36.1 Å². The van der Waals surface area contributed by atoms with Gasteiger partial charge in [0.2, 0.25) is 5.91 Å². The number of ether oxygens (including phenoxy) is 1. The Morgan fingerprint density at radius 2 is 1.78 bits per heavy atom. The average molecular weight is 386 g/mol. The van der Waals surface area contributed by atoms with Crippen LogP contribution in [0.4, 0.5) is 11.4 Å². The van der Waals surface area contributed by atoms with Crippen LogP contribution in [0.5, 0.6) is 5.75 Å². The zero-order valence-electron chi connectivity index (χ0n) is 16.3. The number of para-hydroxylation sites is 2. The van der Waals surface area contributed by atoms with Crippen LogP contribution >= 0.6 is 12.2 Å². The fourth-order valence-electron chi connectivity index (χ4n) is 2.59. The van der Waals surface area contributed by atoms with Crippen molar-refractivity contribution in [2.45, 2.75) is 26.7 Å². The summed E-state index contributed by atoms with van der Waals surface area (Å²) in [4.78, 5) is 14.2. The first kappa shape index (κ1) is 20.7. The minimum atomic E-state index is -0.152. The molecule has 0 heterocycles. The highest BCUT2D eigenvalue weighted by atomic mass is 32.1. The summed E-state index contributed by atoms with van der Waals surface area (Å²) >= 11 is 5.48. The van der Waals surface area contributed by atoms with Crippen LogP contribution in [-0.4, -0.2) is 36.1 Å². The molecular formula is C21H27N3O2S. The molecule has 6 heteroatoms. The van der Waals surface area contributed by atoms with E-state index >= 15 is 0 Å². The van der Waals surface area contributed by atoms with E-state index in [9.17, 15) is 4.79 Å². The SMILES string of the molecule is CCN(CC(=O)Nc1ccccc1OC)C(=S)Nc1ccc(C(C)C)cc1. The molecule has 0 aromatic heterocycles. The van der Waals surface area contributed by atoms with Crippen LogP contribution in [0.3, 0.4) is 0 Å². The number of rotatable bonds is 7. The van der Waals surface area contributed by atoms with Crippen LogP contribution in [0.25, 0.3) is 0 Å². The van der Waals surface area contributed by atoms with Gasteiger partial charge in [0.05, 0.1) is 19.3 Å². The molecule has 2 aromatic carbocycles. The molecule has 0 aliphatic heterocycles. The van der Waals surface area contributed by atoms with E-state index < -0.39 is 0 Å². The smallest absolute Gasteiger partial charge is 0.244 e. The first-order valence-corrected chi connectivity index (χ1v) is 9.44. The molecule has 0 aliphatic carbocycles. The lowest BCUT2D eigenvalue weighted by Crippen LogP contribution is -2.40. The molecule has 0 unspecified atom stereocenters. The molecule has 0 saturated carbocycles. The fraction of sp³-hybridized carbons (Fsp3) is 0.333. The molecule has 0 fully saturated rings. The van der Waals surface area contributed by atoms with E-state index in [1.54, 1.807) is 19.2 Å². The lowest BCUT2D eigenvalue weighted by atomic mass is 10.0. The summed E-state index contributed by atoms with van der Waals surface area (Å²) in [6.07, 6.45) is 0. The van der Waals surface area contributed by atoms with Gasteiger partial charge in [0.1, 0.15) is 5.75 Å². The van der Waals surface area contributed by atoms with E-state index in [1.165, 1.54) is 5.56 Å². The second-order valence-electron chi connectivity index (χ2n) is 6.47. The normalized spacial score (nSPS) is 10.4. The second-order valence-corrected chi connectivity index (χ2v) is 6.86. The van der Waals surface area contributed by atoms with Crippen molar-refractivity contribution in [1.82, 2.24) is 4.90 Å². The highest BCUT2D eigenvalue weighted by Gasteiger charge is 2.14. The number of methoxy groups -OCH3 is 1. The summed E-state index contributed by atoms with van der Waals surface area (Å²) in [6, 6.07) is 15.5. The summed E-state index contributed by atoms with van der Waals surface area (Å²) in [5.41, 5.74) is 2.83. The minimum Gasteiger partial charge on any atom is -0.495 e. The number of hydrogen-bond acceptors (Lipinski definition) is 3. The molecule has 5 nitrogen and oxygen atoms in total. The van der Waals surface area contributed by atoms with Gasteiger partial charge in [-0.2, -0.15) is 0 Å². The average Bonchev–Trinajstić information content (AvgIpc) is 2.66. The Kier molecular flexibility index (Phi) is 7.61. The Labute approximate surface area is 166 Å². The van der Waals surface area contributed by atoms with Crippen LogP contribution < -0.4 is 15.4 Å². The third-order valence-corrected chi connectivity index (χ3v) is 4.57. The number of carbonyl (C=O) groups is 1. The molecule has 2 N–H and O–H groups in total. The number of nitrogens with zero attached hydrogens (tertiary/aromatic N) is 1. The number of amides is 1. The molecular weight excluding hydrogens is 358 g/mol. The largest absolute Gasteiger partial charge is 0.495 e. The maximum atomic E-state index is 12.4. The first-order chi connectivity index (χ1) is 12.9. The summed E-state index contributed by atoms with van der Waals surface area (Å²) in [5, 5.41) is 6.59. The lowest BCUT2D eigenvalue weighted by Gasteiger charge is -2.24. The van der Waals surface area contributed by atoms with Gasteiger partial charge in [0, 0.05) is 12.2 Å². The quantitative estimate of drug-likeness (QED) is 0.689. The van der Waals surface area contributed by atoms with E-state index in [2.05, 4.69) is 36.6 Å². The number of carbonyl (C=O) groups excluding carboxylic acids is 1. The zero-order valence-corrected chi connectivity index (χ0v) is 17.1.